The number of carbonyl (C=O) groups excluding carboxylic acids is 5. The molecule has 4 amide bonds. The van der Waals surface area contributed by atoms with Gasteiger partial charge < -0.3 is 39.8 Å². The van der Waals surface area contributed by atoms with Crippen LogP contribution in [0.4, 0.5) is 9.59 Å². The van der Waals surface area contributed by atoms with Gasteiger partial charge in [0, 0.05) is 31.0 Å². The Morgan fingerprint density at radius 1 is 0.920 bits per heavy atom. The predicted molar refractivity (Wildman–Crippen MR) is 186 cm³/mol. The van der Waals surface area contributed by atoms with Crippen molar-refractivity contribution in [3.8, 4) is 5.75 Å². The molecule has 2 aromatic rings. The molecule has 0 aromatic heterocycles. The molecule has 0 saturated heterocycles. The minimum Gasteiger partial charge on any atom is -0.493 e. The second-order valence-electron chi connectivity index (χ2n) is 13.7. The number of hydrogen-bond acceptors (Lipinski definition) is 9. The Kier molecular flexibility index (Phi) is 14.0. The van der Waals surface area contributed by atoms with Crippen molar-refractivity contribution in [2.75, 3.05) is 26.8 Å². The first kappa shape index (κ1) is 39.6. The second-order valence-corrected chi connectivity index (χ2v) is 13.7. The quantitative estimate of drug-likeness (QED) is 0.193. The lowest BCUT2D eigenvalue weighted by atomic mass is 9.77. The molecular formula is C37H52N4O9. The molecule has 13 nitrogen and oxygen atoms in total. The van der Waals surface area contributed by atoms with E-state index in [0.717, 1.165) is 16.7 Å². The van der Waals surface area contributed by atoms with Crippen LogP contribution in [0.1, 0.15) is 71.6 Å². The fourth-order valence-electron chi connectivity index (χ4n) is 5.66. The molecule has 274 valence electrons. The third-order valence-corrected chi connectivity index (χ3v) is 8.26. The Morgan fingerprint density at radius 3 is 2.26 bits per heavy atom. The number of amides is 4. The molecule has 3 rings (SSSR count). The van der Waals surface area contributed by atoms with E-state index in [2.05, 4.69) is 16.0 Å². The van der Waals surface area contributed by atoms with Crippen molar-refractivity contribution in [3.05, 3.63) is 65.2 Å². The summed E-state index contributed by atoms with van der Waals surface area (Å²) in [6, 6.07) is 13.1. The minimum atomic E-state index is -1.32. The summed E-state index contributed by atoms with van der Waals surface area (Å²) in [5, 5.41) is 7.94. The van der Waals surface area contributed by atoms with Crippen LogP contribution in [-0.4, -0.2) is 84.9 Å². The third kappa shape index (κ3) is 11.4. The number of aryl methyl sites for hydroxylation is 1. The zero-order valence-electron chi connectivity index (χ0n) is 30.4. The van der Waals surface area contributed by atoms with E-state index in [1.807, 2.05) is 62.4 Å². The topological polar surface area (TPSA) is 162 Å². The summed E-state index contributed by atoms with van der Waals surface area (Å²) >= 11 is 0. The molecule has 3 N–H and O–H groups in total. The van der Waals surface area contributed by atoms with Crippen molar-refractivity contribution in [1.29, 1.82) is 0 Å². The van der Waals surface area contributed by atoms with Crippen LogP contribution >= 0.6 is 0 Å². The van der Waals surface area contributed by atoms with E-state index >= 15 is 0 Å². The number of hydrogen-bond donors (Lipinski definition) is 3. The second kappa shape index (κ2) is 17.7. The summed E-state index contributed by atoms with van der Waals surface area (Å²) in [6.45, 7) is 13.2. The van der Waals surface area contributed by atoms with Gasteiger partial charge in [-0.3, -0.25) is 9.59 Å². The maximum absolute atomic E-state index is 13.3. The fraction of sp³-hybridized carbons (Fsp3) is 0.541. The van der Waals surface area contributed by atoms with E-state index in [9.17, 15) is 24.0 Å². The number of benzene rings is 2. The van der Waals surface area contributed by atoms with E-state index in [0.29, 0.717) is 31.7 Å². The highest BCUT2D eigenvalue weighted by molar-refractivity contribution is 5.91. The number of nitrogens with one attached hydrogen (secondary N) is 3. The van der Waals surface area contributed by atoms with Crippen molar-refractivity contribution in [2.24, 2.45) is 5.92 Å². The number of nitrogens with zero attached hydrogens (tertiary/aromatic N) is 1. The summed E-state index contributed by atoms with van der Waals surface area (Å²) in [4.78, 5) is 65.7. The van der Waals surface area contributed by atoms with Crippen molar-refractivity contribution in [1.82, 2.24) is 20.9 Å². The highest BCUT2D eigenvalue weighted by Gasteiger charge is 2.45. The zero-order chi connectivity index (χ0) is 37.1. The lowest BCUT2D eigenvalue weighted by Crippen LogP contribution is -2.59. The van der Waals surface area contributed by atoms with E-state index < -0.39 is 47.3 Å². The van der Waals surface area contributed by atoms with E-state index in [1.54, 1.807) is 32.6 Å². The Morgan fingerprint density at radius 2 is 1.62 bits per heavy atom. The molecule has 0 spiro atoms. The fourth-order valence-corrected chi connectivity index (χ4v) is 5.66. The predicted octanol–water partition coefficient (Wildman–Crippen LogP) is 4.29. The van der Waals surface area contributed by atoms with Crippen molar-refractivity contribution >= 4 is 30.0 Å². The van der Waals surface area contributed by atoms with Gasteiger partial charge in [0.25, 0.3) is 0 Å². The molecule has 4 atom stereocenters. The van der Waals surface area contributed by atoms with Crippen LogP contribution in [0.3, 0.4) is 0 Å². The maximum atomic E-state index is 13.3. The lowest BCUT2D eigenvalue weighted by Gasteiger charge is -2.37. The van der Waals surface area contributed by atoms with Crippen LogP contribution < -0.4 is 20.7 Å². The molecule has 0 aliphatic heterocycles. The molecule has 0 unspecified atom stereocenters. The van der Waals surface area contributed by atoms with Crippen LogP contribution in [-0.2, 0) is 48.0 Å². The highest BCUT2D eigenvalue weighted by Crippen LogP contribution is 2.36. The average molecular weight is 697 g/mol. The molecule has 50 heavy (non-hydrogen) atoms. The number of carbonyl (C=O) groups is 5. The summed E-state index contributed by atoms with van der Waals surface area (Å²) in [5.74, 6) is -0.894. The van der Waals surface area contributed by atoms with Gasteiger partial charge in [-0.25, -0.2) is 14.4 Å². The maximum Gasteiger partial charge on any atom is 0.408 e. The number of ether oxygens (including phenoxy) is 4. The van der Waals surface area contributed by atoms with Crippen molar-refractivity contribution in [3.63, 3.8) is 0 Å². The Labute approximate surface area is 294 Å². The Bertz CT molecular complexity index is 1490. The molecule has 0 radical (unpaired) electrons. The largest absolute Gasteiger partial charge is 0.493 e. The van der Waals surface area contributed by atoms with E-state index in [4.69, 9.17) is 18.9 Å². The number of fused-ring (bicyclic) bond motifs is 1. The van der Waals surface area contributed by atoms with Crippen LogP contribution in [0.5, 0.6) is 5.75 Å². The molecule has 1 aliphatic carbocycles. The van der Waals surface area contributed by atoms with Crippen LogP contribution in [0.2, 0.25) is 0 Å². The van der Waals surface area contributed by atoms with Gasteiger partial charge in [-0.1, -0.05) is 49.4 Å². The van der Waals surface area contributed by atoms with Gasteiger partial charge in [-0.2, -0.15) is 0 Å². The summed E-state index contributed by atoms with van der Waals surface area (Å²) in [7, 11) is 1.29. The SMILES string of the molecule is CCN(C[C@H](C)COc1cccc2c1C[C@@](NC(=O)OC(C)(C)C)(C(=O)OC)CC2)C(=O)[C@H](C)NC(=O)[C@H](C)NC(=O)OCc1ccccc1. The summed E-state index contributed by atoms with van der Waals surface area (Å²) in [5.41, 5.74) is 0.539. The average Bonchev–Trinajstić information content (AvgIpc) is 3.07. The zero-order valence-corrected chi connectivity index (χ0v) is 30.4. The van der Waals surface area contributed by atoms with Gasteiger partial charge in [-0.15, -0.1) is 0 Å². The van der Waals surface area contributed by atoms with Crippen LogP contribution in [0.15, 0.2) is 48.5 Å². The molecular weight excluding hydrogens is 644 g/mol. The van der Waals surface area contributed by atoms with Gasteiger partial charge >= 0.3 is 18.2 Å². The molecule has 0 saturated carbocycles. The summed E-state index contributed by atoms with van der Waals surface area (Å²) in [6.07, 6.45) is -0.443. The molecule has 13 heteroatoms. The van der Waals surface area contributed by atoms with E-state index in [-0.39, 0.29) is 31.5 Å². The number of methoxy groups -OCH3 is 1. The van der Waals surface area contributed by atoms with Gasteiger partial charge in [0.15, 0.2) is 0 Å². The number of esters is 1. The Hall–Kier alpha value is -4.81. The first-order valence-corrected chi connectivity index (χ1v) is 17.0. The molecule has 0 heterocycles. The van der Waals surface area contributed by atoms with Gasteiger partial charge in [0.2, 0.25) is 11.8 Å². The first-order valence-electron chi connectivity index (χ1n) is 17.0. The van der Waals surface area contributed by atoms with Crippen LogP contribution in [0, 0.1) is 5.92 Å². The van der Waals surface area contributed by atoms with E-state index in [1.165, 1.54) is 14.0 Å². The molecule has 1 aliphatic rings. The van der Waals surface area contributed by atoms with Gasteiger partial charge in [-0.05, 0) is 71.6 Å². The normalized spacial score (nSPS) is 17.1. The Balaban J connectivity index is 1.56. The number of likely N-dealkylation sites (N-methyl/N-ethyl adjacent to an activating group) is 1. The molecule has 0 bridgehead atoms. The smallest absolute Gasteiger partial charge is 0.408 e. The third-order valence-electron chi connectivity index (χ3n) is 8.26. The lowest BCUT2D eigenvalue weighted by molar-refractivity contribution is -0.149. The van der Waals surface area contributed by atoms with Crippen molar-refractivity contribution < 1.29 is 42.9 Å². The first-order chi connectivity index (χ1) is 23.6. The number of alkyl carbamates (subject to hydrolysis) is 2. The van der Waals surface area contributed by atoms with Crippen LogP contribution in [0.25, 0.3) is 0 Å². The highest BCUT2D eigenvalue weighted by atomic mass is 16.6. The monoisotopic (exact) mass is 696 g/mol. The molecule has 0 fully saturated rings. The van der Waals surface area contributed by atoms with Gasteiger partial charge in [0.05, 0.1) is 13.7 Å². The minimum absolute atomic E-state index is 0.0651. The molecule has 2 aromatic carbocycles. The van der Waals surface area contributed by atoms with Crippen molar-refractivity contribution in [2.45, 2.75) is 97.6 Å². The standard InChI is InChI=1S/C37H52N4O9/c1-9-41(32(43)26(4)38-31(42)25(3)39-34(45)49-23-27-14-11-10-12-15-27)21-24(2)22-48-30-17-13-16-28-18-19-37(20-29(28)30,33(44)47-8)40-35(46)50-36(5,6)7/h10-17,24-26H,9,18-23H2,1-8H3,(H,38,42)(H,39,45)(H,40,46)/t24-,25-,26-,37+/m0/s1. The number of rotatable bonds is 14. The van der Waals surface area contributed by atoms with Gasteiger partial charge in [0.1, 0.15) is 35.6 Å². The summed E-state index contributed by atoms with van der Waals surface area (Å²) < 4.78 is 22.0.